The van der Waals surface area contributed by atoms with Crippen molar-refractivity contribution in [1.29, 1.82) is 0 Å². The number of benzene rings is 2. The van der Waals surface area contributed by atoms with Crippen LogP contribution in [-0.2, 0) is 32.7 Å². The van der Waals surface area contributed by atoms with Crippen LogP contribution in [-0.4, -0.2) is 36.0 Å². The Balaban J connectivity index is 1.59. The van der Waals surface area contributed by atoms with Gasteiger partial charge in [-0.2, -0.15) is 19.8 Å². The molecule has 2 heterocycles. The van der Waals surface area contributed by atoms with Crippen LogP contribution in [0, 0.1) is 0 Å². The van der Waals surface area contributed by atoms with Crippen molar-refractivity contribution in [3.63, 3.8) is 0 Å². The number of alkyl carbamates (subject to hydrolysis) is 1. The van der Waals surface area contributed by atoms with Crippen LogP contribution < -0.4 is 15.4 Å². The lowest BCUT2D eigenvalue weighted by molar-refractivity contribution is -0.123. The molecule has 0 fully saturated rings. The first-order valence-corrected chi connectivity index (χ1v) is 15.2. The Morgan fingerprint density at radius 3 is 2.38 bits per heavy atom. The zero-order chi connectivity index (χ0) is 28.5. The Labute approximate surface area is 239 Å². The van der Waals surface area contributed by atoms with E-state index < -0.39 is 34.4 Å². The topological polar surface area (TPSA) is 147 Å². The molecule has 0 spiro atoms. The molecule has 4 N–H and O–H groups in total. The SMILES string of the molecule is C=COC(=O)N[C@@H](Cc1ccccc1)C(=O)N[C@@H](Cc1ccc(NS(=O)(=O)O)cc1)c1nc(-c2ccsc2)cs1. The maximum atomic E-state index is 13.6. The van der Waals surface area contributed by atoms with Crippen LogP contribution in [0.25, 0.3) is 11.3 Å². The smallest absolute Gasteiger partial charge is 0.412 e. The van der Waals surface area contributed by atoms with E-state index in [0.717, 1.165) is 28.6 Å². The van der Waals surface area contributed by atoms with E-state index in [9.17, 15) is 18.0 Å². The van der Waals surface area contributed by atoms with E-state index in [1.807, 2.05) is 57.3 Å². The highest BCUT2D eigenvalue weighted by Crippen LogP contribution is 2.29. The number of hydrogen-bond acceptors (Lipinski definition) is 8. The standard InChI is InChI=1S/C27H26N4O6S3/c1-2-37-27(33)30-22(14-18-6-4-3-5-7-18)25(32)28-23(26-29-24(17-39-26)20-12-13-38-16-20)15-19-8-10-21(11-9-19)31-40(34,35)36/h2-13,16-17,22-23,31H,1,14-15H2,(H,28,32)(H,30,33)(H,34,35,36)/t22-,23-/m0/s1. The molecule has 10 nitrogen and oxygen atoms in total. The number of anilines is 1. The summed E-state index contributed by atoms with van der Waals surface area (Å²) in [5, 5.41) is 12.1. The highest BCUT2D eigenvalue weighted by Gasteiger charge is 2.27. The summed E-state index contributed by atoms with van der Waals surface area (Å²) in [4.78, 5) is 30.5. The van der Waals surface area contributed by atoms with E-state index >= 15 is 0 Å². The third kappa shape index (κ3) is 8.48. The predicted molar refractivity (Wildman–Crippen MR) is 155 cm³/mol. The Morgan fingerprint density at radius 1 is 1.00 bits per heavy atom. The number of aromatic nitrogens is 1. The van der Waals surface area contributed by atoms with Gasteiger partial charge in [-0.05, 0) is 41.1 Å². The fraction of sp³-hybridized carbons (Fsp3) is 0.148. The lowest BCUT2D eigenvalue weighted by Gasteiger charge is -2.22. The van der Waals surface area contributed by atoms with Crippen LogP contribution >= 0.6 is 22.7 Å². The molecule has 2 atom stereocenters. The van der Waals surface area contributed by atoms with E-state index in [2.05, 4.69) is 17.2 Å². The maximum absolute atomic E-state index is 13.6. The second kappa shape index (κ2) is 13.3. The molecule has 0 bridgehead atoms. The van der Waals surface area contributed by atoms with E-state index in [1.165, 1.54) is 23.5 Å². The van der Waals surface area contributed by atoms with Crippen molar-refractivity contribution in [2.75, 3.05) is 4.72 Å². The van der Waals surface area contributed by atoms with Gasteiger partial charge in [-0.15, -0.1) is 11.3 Å². The average molecular weight is 599 g/mol. The normalized spacial score (nSPS) is 12.6. The summed E-state index contributed by atoms with van der Waals surface area (Å²) in [6, 6.07) is 16.1. The largest absolute Gasteiger partial charge is 0.419 e. The van der Waals surface area contributed by atoms with Crippen LogP contribution in [0.1, 0.15) is 22.2 Å². The molecule has 2 aromatic heterocycles. The van der Waals surface area contributed by atoms with E-state index in [1.54, 1.807) is 23.5 Å². The van der Waals surface area contributed by atoms with Crippen LogP contribution in [0.15, 0.2) is 89.6 Å². The van der Waals surface area contributed by atoms with Crippen molar-refractivity contribution in [3.05, 3.63) is 106 Å². The highest BCUT2D eigenvalue weighted by atomic mass is 32.2. The van der Waals surface area contributed by atoms with Gasteiger partial charge >= 0.3 is 16.4 Å². The molecule has 0 aliphatic heterocycles. The number of amides is 2. The van der Waals surface area contributed by atoms with Crippen molar-refractivity contribution in [3.8, 4) is 11.3 Å². The minimum absolute atomic E-state index is 0.189. The fourth-order valence-electron chi connectivity index (χ4n) is 3.87. The Bertz CT molecular complexity index is 1540. The number of rotatable bonds is 12. The molecule has 0 saturated heterocycles. The van der Waals surface area contributed by atoms with E-state index in [-0.39, 0.29) is 12.1 Å². The molecule has 0 unspecified atom stereocenters. The number of nitrogens with one attached hydrogen (secondary N) is 3. The van der Waals surface area contributed by atoms with Gasteiger partial charge in [-0.1, -0.05) is 49.0 Å². The molecule has 4 rings (SSSR count). The summed E-state index contributed by atoms with van der Waals surface area (Å²) in [7, 11) is -4.41. The molecule has 0 saturated carbocycles. The lowest BCUT2D eigenvalue weighted by Crippen LogP contribution is -2.49. The molecule has 13 heteroatoms. The lowest BCUT2D eigenvalue weighted by atomic mass is 10.0. The van der Waals surface area contributed by atoms with Gasteiger partial charge in [0.2, 0.25) is 5.91 Å². The van der Waals surface area contributed by atoms with Gasteiger partial charge in [0.1, 0.15) is 11.0 Å². The zero-order valence-corrected chi connectivity index (χ0v) is 23.5. The Morgan fingerprint density at radius 2 is 1.73 bits per heavy atom. The van der Waals surface area contributed by atoms with E-state index in [0.29, 0.717) is 11.4 Å². The number of thiophene rings is 1. The Hall–Kier alpha value is -4.04. The van der Waals surface area contributed by atoms with Crippen molar-refractivity contribution in [1.82, 2.24) is 15.6 Å². The first-order chi connectivity index (χ1) is 19.2. The second-order valence-electron chi connectivity index (χ2n) is 8.58. The fourth-order valence-corrected chi connectivity index (χ4v) is 5.83. The summed E-state index contributed by atoms with van der Waals surface area (Å²) in [6.07, 6.45) is 0.722. The number of carbonyl (C=O) groups excluding carboxylic acids is 2. The monoisotopic (exact) mass is 598 g/mol. The van der Waals surface area contributed by atoms with Crippen molar-refractivity contribution in [2.24, 2.45) is 0 Å². The summed E-state index contributed by atoms with van der Waals surface area (Å²) >= 11 is 2.95. The van der Waals surface area contributed by atoms with Crippen molar-refractivity contribution in [2.45, 2.75) is 24.9 Å². The maximum Gasteiger partial charge on any atom is 0.412 e. The molecule has 2 amide bonds. The minimum atomic E-state index is -4.41. The van der Waals surface area contributed by atoms with Gasteiger partial charge in [-0.25, -0.2) is 9.78 Å². The van der Waals surface area contributed by atoms with Crippen LogP contribution in [0.3, 0.4) is 0 Å². The van der Waals surface area contributed by atoms with Gasteiger partial charge in [0.05, 0.1) is 23.7 Å². The highest BCUT2D eigenvalue weighted by molar-refractivity contribution is 7.87. The van der Waals surface area contributed by atoms with Crippen LogP contribution in [0.2, 0.25) is 0 Å². The minimum Gasteiger partial charge on any atom is -0.419 e. The van der Waals surface area contributed by atoms with Gasteiger partial charge in [0.25, 0.3) is 0 Å². The number of hydrogen-bond donors (Lipinski definition) is 4. The molecule has 0 aliphatic rings. The molecule has 208 valence electrons. The van der Waals surface area contributed by atoms with Gasteiger partial charge < -0.3 is 15.4 Å². The van der Waals surface area contributed by atoms with Crippen molar-refractivity contribution < 1.29 is 27.3 Å². The van der Waals surface area contributed by atoms with E-state index in [4.69, 9.17) is 14.3 Å². The third-order valence-corrected chi connectivity index (χ3v) is 7.81. The van der Waals surface area contributed by atoms with Gasteiger partial charge in [-0.3, -0.25) is 14.1 Å². The molecule has 40 heavy (non-hydrogen) atoms. The summed E-state index contributed by atoms with van der Waals surface area (Å²) in [5.74, 6) is -0.438. The average Bonchev–Trinajstić information content (AvgIpc) is 3.61. The van der Waals surface area contributed by atoms with Gasteiger partial charge in [0, 0.05) is 22.7 Å². The zero-order valence-electron chi connectivity index (χ0n) is 21.0. The quantitative estimate of drug-likeness (QED) is 0.133. The second-order valence-corrected chi connectivity index (χ2v) is 11.4. The molecule has 0 radical (unpaired) electrons. The van der Waals surface area contributed by atoms with Crippen LogP contribution in [0.4, 0.5) is 10.5 Å². The van der Waals surface area contributed by atoms with Crippen LogP contribution in [0.5, 0.6) is 0 Å². The number of ether oxygens (including phenoxy) is 1. The molecule has 4 aromatic rings. The summed E-state index contributed by atoms with van der Waals surface area (Å²) in [6.45, 7) is 3.38. The molecule has 2 aromatic carbocycles. The van der Waals surface area contributed by atoms with Gasteiger partial charge in [0.15, 0.2) is 0 Å². The van der Waals surface area contributed by atoms with Crippen molar-refractivity contribution >= 4 is 50.7 Å². The summed E-state index contributed by atoms with van der Waals surface area (Å²) < 4.78 is 38.1. The Kier molecular flexibility index (Phi) is 9.66. The molecular weight excluding hydrogens is 573 g/mol. The third-order valence-electron chi connectivity index (χ3n) is 5.68. The summed E-state index contributed by atoms with van der Waals surface area (Å²) in [5.41, 5.74) is 3.55. The number of carbonyl (C=O) groups is 2. The number of thiazole rings is 1. The first kappa shape index (κ1) is 29.0. The first-order valence-electron chi connectivity index (χ1n) is 11.9. The number of nitrogens with zero attached hydrogens (tertiary/aromatic N) is 1. The predicted octanol–water partition coefficient (Wildman–Crippen LogP) is 4.97. The molecule has 0 aliphatic carbocycles. The molecular formula is C27H26N4O6S3.